The van der Waals surface area contributed by atoms with Crippen LogP contribution in [0.3, 0.4) is 0 Å². The van der Waals surface area contributed by atoms with Gasteiger partial charge in [-0.1, -0.05) is 53.2 Å². The molecule has 186 valence electrons. The van der Waals surface area contributed by atoms with E-state index in [4.69, 9.17) is 9.47 Å². The molecule has 1 amide bonds. The van der Waals surface area contributed by atoms with Gasteiger partial charge in [-0.3, -0.25) is 4.79 Å². The number of hydrogen-bond acceptors (Lipinski definition) is 6. The minimum atomic E-state index is -0.00285. The van der Waals surface area contributed by atoms with Crippen LogP contribution in [-0.4, -0.2) is 40.5 Å². The molecular formula is C27H34N4O3S. The van der Waals surface area contributed by atoms with Gasteiger partial charge in [-0.25, -0.2) is 0 Å². The molecule has 1 aromatic heterocycles. The van der Waals surface area contributed by atoms with Crippen molar-refractivity contribution in [1.29, 1.82) is 0 Å². The van der Waals surface area contributed by atoms with Crippen LogP contribution in [0.1, 0.15) is 47.3 Å². The fourth-order valence-corrected chi connectivity index (χ4v) is 5.24. The van der Waals surface area contributed by atoms with Crippen LogP contribution in [0.4, 0.5) is 0 Å². The predicted octanol–water partition coefficient (Wildman–Crippen LogP) is 4.62. The molecule has 0 aliphatic carbocycles. The summed E-state index contributed by atoms with van der Waals surface area (Å²) in [6, 6.07) is 14.3. The Bertz CT molecular complexity index is 1100. The lowest BCUT2D eigenvalue weighted by atomic mass is 10.1. The molecule has 0 bridgehead atoms. The smallest absolute Gasteiger partial charge is 0.220 e. The Morgan fingerprint density at radius 2 is 1.91 bits per heavy atom. The second kappa shape index (κ2) is 12.2. The van der Waals surface area contributed by atoms with Gasteiger partial charge in [-0.05, 0) is 49.9 Å². The molecule has 1 fully saturated rings. The van der Waals surface area contributed by atoms with Crippen LogP contribution in [0.2, 0.25) is 0 Å². The SMILES string of the molecule is COc1ccc(CNC(=O)CCc2nnc(SCc3cc(C)cc(C)c3)n2CC2CCCO2)cc1. The molecule has 0 radical (unpaired) electrons. The highest BCUT2D eigenvalue weighted by Crippen LogP contribution is 2.25. The third kappa shape index (κ3) is 7.32. The number of ether oxygens (including phenoxy) is 2. The van der Waals surface area contributed by atoms with Crippen molar-refractivity contribution in [3.05, 3.63) is 70.5 Å². The molecule has 7 nitrogen and oxygen atoms in total. The number of hydrogen-bond donors (Lipinski definition) is 1. The van der Waals surface area contributed by atoms with E-state index >= 15 is 0 Å². The number of methoxy groups -OCH3 is 1. The van der Waals surface area contributed by atoms with Gasteiger partial charge >= 0.3 is 0 Å². The molecule has 0 spiro atoms. The number of nitrogens with zero attached hydrogens (tertiary/aromatic N) is 3. The van der Waals surface area contributed by atoms with E-state index in [1.54, 1.807) is 18.9 Å². The number of benzene rings is 2. The number of aryl methyl sites for hydroxylation is 3. The first-order valence-electron chi connectivity index (χ1n) is 12.1. The van der Waals surface area contributed by atoms with Crippen molar-refractivity contribution < 1.29 is 14.3 Å². The molecule has 2 heterocycles. The molecule has 2 aromatic carbocycles. The lowest BCUT2D eigenvalue weighted by Gasteiger charge is -2.15. The molecular weight excluding hydrogens is 460 g/mol. The Balaban J connectivity index is 1.37. The molecule has 35 heavy (non-hydrogen) atoms. The lowest BCUT2D eigenvalue weighted by Crippen LogP contribution is -2.24. The summed E-state index contributed by atoms with van der Waals surface area (Å²) < 4.78 is 13.2. The van der Waals surface area contributed by atoms with Crippen molar-refractivity contribution >= 4 is 17.7 Å². The van der Waals surface area contributed by atoms with Crippen LogP contribution in [0.5, 0.6) is 5.75 Å². The number of amides is 1. The molecule has 4 rings (SSSR count). The maximum absolute atomic E-state index is 12.5. The minimum absolute atomic E-state index is 0.00285. The molecule has 0 saturated carbocycles. The summed E-state index contributed by atoms with van der Waals surface area (Å²) in [6.07, 6.45) is 3.20. The van der Waals surface area contributed by atoms with Gasteiger partial charge in [0.15, 0.2) is 5.16 Å². The van der Waals surface area contributed by atoms with Crippen LogP contribution in [0.15, 0.2) is 47.6 Å². The summed E-state index contributed by atoms with van der Waals surface area (Å²) >= 11 is 1.69. The van der Waals surface area contributed by atoms with Crippen LogP contribution in [-0.2, 0) is 34.8 Å². The number of carbonyl (C=O) groups is 1. The Labute approximate surface area is 211 Å². The fourth-order valence-electron chi connectivity index (χ4n) is 4.34. The van der Waals surface area contributed by atoms with Gasteiger partial charge < -0.3 is 19.4 Å². The monoisotopic (exact) mass is 494 g/mol. The molecule has 1 unspecified atom stereocenters. The Morgan fingerprint density at radius 3 is 2.60 bits per heavy atom. The minimum Gasteiger partial charge on any atom is -0.497 e. The average molecular weight is 495 g/mol. The standard InChI is InChI=1S/C27H34N4O3S/c1-19-13-20(2)15-22(14-19)18-35-27-30-29-25(31(27)17-24-5-4-12-34-24)10-11-26(32)28-16-21-6-8-23(33-3)9-7-21/h6-9,13-15,24H,4-5,10-12,16-18H2,1-3H3,(H,28,32). The molecule has 1 atom stereocenters. The lowest BCUT2D eigenvalue weighted by molar-refractivity contribution is -0.121. The van der Waals surface area contributed by atoms with Crippen molar-refractivity contribution in [2.45, 2.75) is 69.6 Å². The van der Waals surface area contributed by atoms with E-state index < -0.39 is 0 Å². The van der Waals surface area contributed by atoms with E-state index in [2.05, 4.69) is 52.1 Å². The van der Waals surface area contributed by atoms with Gasteiger partial charge in [0.05, 0.1) is 19.8 Å². The molecule has 3 aromatic rings. The second-order valence-electron chi connectivity index (χ2n) is 9.05. The number of nitrogens with one attached hydrogen (secondary N) is 1. The third-order valence-corrected chi connectivity index (χ3v) is 7.12. The average Bonchev–Trinajstić information content (AvgIpc) is 3.50. The van der Waals surface area contributed by atoms with Gasteiger partial charge in [-0.15, -0.1) is 10.2 Å². The first-order chi connectivity index (χ1) is 17.0. The summed E-state index contributed by atoms with van der Waals surface area (Å²) in [5.74, 6) is 2.46. The van der Waals surface area contributed by atoms with Crippen LogP contribution in [0, 0.1) is 13.8 Å². The third-order valence-electron chi connectivity index (χ3n) is 6.08. The largest absolute Gasteiger partial charge is 0.497 e. The van der Waals surface area contributed by atoms with E-state index in [9.17, 15) is 4.79 Å². The molecule has 1 aliphatic rings. The summed E-state index contributed by atoms with van der Waals surface area (Å²) in [6.45, 7) is 6.27. The molecule has 8 heteroatoms. The van der Waals surface area contributed by atoms with Gasteiger partial charge in [0.2, 0.25) is 5.91 Å². The van der Waals surface area contributed by atoms with Crippen molar-refractivity contribution in [1.82, 2.24) is 20.1 Å². The van der Waals surface area contributed by atoms with Crippen molar-refractivity contribution in [2.24, 2.45) is 0 Å². The second-order valence-corrected chi connectivity index (χ2v) is 10.00. The first kappa shape index (κ1) is 25.3. The van der Waals surface area contributed by atoms with Crippen molar-refractivity contribution in [3.63, 3.8) is 0 Å². The van der Waals surface area contributed by atoms with Gasteiger partial charge in [0.25, 0.3) is 0 Å². The maximum atomic E-state index is 12.5. The molecule has 1 N–H and O–H groups in total. The van der Waals surface area contributed by atoms with Gasteiger partial charge in [0, 0.05) is 31.7 Å². The van der Waals surface area contributed by atoms with Gasteiger partial charge in [-0.2, -0.15) is 0 Å². The van der Waals surface area contributed by atoms with Crippen LogP contribution < -0.4 is 10.1 Å². The summed E-state index contributed by atoms with van der Waals surface area (Å²) in [4.78, 5) is 12.5. The van der Waals surface area contributed by atoms with E-state index in [1.165, 1.54) is 16.7 Å². The van der Waals surface area contributed by atoms with Crippen molar-refractivity contribution in [2.75, 3.05) is 13.7 Å². The van der Waals surface area contributed by atoms with Crippen LogP contribution >= 0.6 is 11.8 Å². The summed E-state index contributed by atoms with van der Waals surface area (Å²) in [7, 11) is 1.64. The van der Waals surface area contributed by atoms with E-state index in [0.717, 1.165) is 54.0 Å². The van der Waals surface area contributed by atoms with Crippen molar-refractivity contribution in [3.8, 4) is 5.75 Å². The summed E-state index contributed by atoms with van der Waals surface area (Å²) in [5.41, 5.74) is 4.84. The molecule has 1 saturated heterocycles. The highest BCUT2D eigenvalue weighted by atomic mass is 32.2. The first-order valence-corrected chi connectivity index (χ1v) is 13.1. The van der Waals surface area contributed by atoms with E-state index in [0.29, 0.717) is 19.4 Å². The number of thioether (sulfide) groups is 1. The topological polar surface area (TPSA) is 78.3 Å². The Kier molecular flexibility index (Phi) is 8.82. The molecule has 1 aliphatic heterocycles. The normalized spacial score (nSPS) is 15.3. The zero-order valence-electron chi connectivity index (χ0n) is 20.8. The number of carbonyl (C=O) groups excluding carboxylic acids is 1. The Hall–Kier alpha value is -2.84. The number of aromatic nitrogens is 3. The zero-order valence-corrected chi connectivity index (χ0v) is 21.6. The fraction of sp³-hybridized carbons (Fsp3) is 0.444. The maximum Gasteiger partial charge on any atom is 0.220 e. The quantitative estimate of drug-likeness (QED) is 0.392. The highest BCUT2D eigenvalue weighted by Gasteiger charge is 2.21. The van der Waals surface area contributed by atoms with E-state index in [1.807, 2.05) is 24.3 Å². The van der Waals surface area contributed by atoms with Crippen LogP contribution in [0.25, 0.3) is 0 Å². The highest BCUT2D eigenvalue weighted by molar-refractivity contribution is 7.98. The zero-order chi connectivity index (χ0) is 24.6. The van der Waals surface area contributed by atoms with E-state index in [-0.39, 0.29) is 12.0 Å². The Morgan fingerprint density at radius 1 is 1.14 bits per heavy atom. The summed E-state index contributed by atoms with van der Waals surface area (Å²) in [5, 5.41) is 12.8. The van der Waals surface area contributed by atoms with Gasteiger partial charge in [0.1, 0.15) is 11.6 Å². The number of rotatable bonds is 11. The predicted molar refractivity (Wildman–Crippen MR) is 138 cm³/mol.